The van der Waals surface area contributed by atoms with Gasteiger partial charge in [-0.2, -0.15) is 0 Å². The molecule has 2 aromatic carbocycles. The first-order valence-electron chi connectivity index (χ1n) is 6.15. The molecule has 0 spiro atoms. The third-order valence-electron chi connectivity index (χ3n) is 3.17. The number of rotatable bonds is 2. The summed E-state index contributed by atoms with van der Waals surface area (Å²) in [4.78, 5) is 4.80. The van der Waals surface area contributed by atoms with Crippen LogP contribution in [0.25, 0.3) is 0 Å². The van der Waals surface area contributed by atoms with Crippen LogP contribution in [-0.2, 0) is 0 Å². The zero-order valence-electron chi connectivity index (χ0n) is 10.3. The molecule has 0 aliphatic carbocycles. The van der Waals surface area contributed by atoms with Gasteiger partial charge >= 0.3 is 0 Å². The fourth-order valence-electron chi connectivity index (χ4n) is 2.33. The number of nitrogens with zero attached hydrogens (tertiary/aromatic N) is 1. The molecule has 0 amide bonds. The lowest BCUT2D eigenvalue weighted by atomic mass is 9.99. The third-order valence-corrected chi connectivity index (χ3v) is 4.40. The van der Waals surface area contributed by atoms with E-state index in [1.807, 2.05) is 11.8 Å². The number of hydrogen-bond acceptors (Lipinski definition) is 2. The Labute approximate surface area is 112 Å². The van der Waals surface area contributed by atoms with E-state index in [2.05, 4.69) is 67.6 Å². The molecule has 0 radical (unpaired) electrons. The molecule has 0 unspecified atom stereocenters. The highest BCUT2D eigenvalue weighted by atomic mass is 32.2. The van der Waals surface area contributed by atoms with E-state index >= 15 is 0 Å². The number of aliphatic imine (C=N–C) groups is 1. The minimum Gasteiger partial charge on any atom is -0.274 e. The van der Waals surface area contributed by atoms with Gasteiger partial charge in [0, 0.05) is 0 Å². The minimum absolute atomic E-state index is 0.249. The van der Waals surface area contributed by atoms with Gasteiger partial charge in [0.2, 0.25) is 0 Å². The van der Waals surface area contributed by atoms with E-state index in [-0.39, 0.29) is 6.04 Å². The Morgan fingerprint density at radius 2 is 1.39 bits per heavy atom. The Morgan fingerprint density at radius 1 is 0.833 bits per heavy atom. The molecule has 1 heterocycles. The van der Waals surface area contributed by atoms with Gasteiger partial charge in [0.05, 0.1) is 16.3 Å². The molecule has 0 fully saturated rings. The molecule has 2 heteroatoms. The predicted molar refractivity (Wildman–Crippen MR) is 79.1 cm³/mol. The lowest BCUT2D eigenvalue weighted by Gasteiger charge is -2.17. The van der Waals surface area contributed by atoms with Crippen molar-refractivity contribution in [3.8, 4) is 0 Å². The zero-order valence-corrected chi connectivity index (χ0v) is 11.1. The molecule has 0 saturated heterocycles. The Balaban J connectivity index is 1.97. The van der Waals surface area contributed by atoms with Crippen LogP contribution in [0.2, 0.25) is 0 Å². The highest BCUT2D eigenvalue weighted by Gasteiger charge is 2.30. The van der Waals surface area contributed by atoms with E-state index in [1.165, 1.54) is 16.2 Å². The van der Waals surface area contributed by atoms with Gasteiger partial charge in [0.1, 0.15) is 0 Å². The molecule has 0 bridgehead atoms. The van der Waals surface area contributed by atoms with Crippen molar-refractivity contribution in [3.05, 3.63) is 71.8 Å². The first-order chi connectivity index (χ1) is 8.84. The van der Waals surface area contributed by atoms with Gasteiger partial charge in [-0.25, -0.2) is 0 Å². The Kier molecular flexibility index (Phi) is 3.20. The van der Waals surface area contributed by atoms with Crippen LogP contribution in [0.3, 0.4) is 0 Å². The second kappa shape index (κ2) is 4.99. The van der Waals surface area contributed by atoms with Gasteiger partial charge in [0.25, 0.3) is 0 Å². The highest BCUT2D eigenvalue weighted by molar-refractivity contribution is 8.14. The Morgan fingerprint density at radius 3 is 2.00 bits per heavy atom. The molecule has 3 rings (SSSR count). The van der Waals surface area contributed by atoms with Crippen molar-refractivity contribution in [3.63, 3.8) is 0 Å². The molecule has 90 valence electrons. The molecule has 1 aliphatic rings. The van der Waals surface area contributed by atoms with Crippen molar-refractivity contribution in [2.45, 2.75) is 18.2 Å². The molecular weight excluding hydrogens is 238 g/mol. The zero-order chi connectivity index (χ0) is 12.4. The van der Waals surface area contributed by atoms with Gasteiger partial charge in [-0.1, -0.05) is 60.7 Å². The molecule has 18 heavy (non-hydrogen) atoms. The van der Waals surface area contributed by atoms with Crippen molar-refractivity contribution in [2.24, 2.45) is 4.99 Å². The normalized spacial score (nSPS) is 22.8. The summed E-state index contributed by atoms with van der Waals surface area (Å²) in [5, 5.41) is 1.59. The van der Waals surface area contributed by atoms with Gasteiger partial charge < -0.3 is 0 Å². The predicted octanol–water partition coefficient (Wildman–Crippen LogP) is 4.63. The lowest BCUT2D eigenvalue weighted by Crippen LogP contribution is -2.02. The van der Waals surface area contributed by atoms with E-state index < -0.39 is 0 Å². The summed E-state index contributed by atoms with van der Waals surface area (Å²) in [5.74, 6) is 0. The van der Waals surface area contributed by atoms with Crippen LogP contribution in [0.1, 0.15) is 29.3 Å². The van der Waals surface area contributed by atoms with Crippen molar-refractivity contribution in [1.29, 1.82) is 0 Å². The average Bonchev–Trinajstić information content (AvgIpc) is 2.83. The maximum absolute atomic E-state index is 4.80. The number of benzene rings is 2. The summed E-state index contributed by atoms with van der Waals surface area (Å²) in [6.07, 6.45) is 0. The summed E-state index contributed by atoms with van der Waals surface area (Å²) in [5.41, 5.74) is 2.66. The molecule has 2 atom stereocenters. The van der Waals surface area contributed by atoms with Gasteiger partial charge in [-0.15, -0.1) is 11.8 Å². The quantitative estimate of drug-likeness (QED) is 0.760. The van der Waals surface area contributed by atoms with Crippen LogP contribution in [0.5, 0.6) is 0 Å². The van der Waals surface area contributed by atoms with E-state index in [9.17, 15) is 0 Å². The molecule has 1 nitrogen and oxygen atoms in total. The van der Waals surface area contributed by atoms with Crippen molar-refractivity contribution in [2.75, 3.05) is 0 Å². The summed E-state index contributed by atoms with van der Waals surface area (Å²) in [7, 11) is 0. The average molecular weight is 253 g/mol. The summed E-state index contributed by atoms with van der Waals surface area (Å²) in [6.45, 7) is 2.10. The first-order valence-corrected chi connectivity index (χ1v) is 7.03. The second-order valence-electron chi connectivity index (χ2n) is 4.45. The van der Waals surface area contributed by atoms with Crippen LogP contribution >= 0.6 is 11.8 Å². The molecule has 0 saturated carbocycles. The Bertz CT molecular complexity index is 548. The van der Waals surface area contributed by atoms with Crippen LogP contribution in [-0.4, -0.2) is 5.04 Å². The van der Waals surface area contributed by atoms with Crippen molar-refractivity contribution in [1.82, 2.24) is 0 Å². The van der Waals surface area contributed by atoms with Gasteiger partial charge in [-0.05, 0) is 18.1 Å². The van der Waals surface area contributed by atoms with E-state index in [1.54, 1.807) is 0 Å². The molecule has 0 aromatic heterocycles. The third kappa shape index (κ3) is 2.21. The highest BCUT2D eigenvalue weighted by Crippen LogP contribution is 2.48. The van der Waals surface area contributed by atoms with E-state index in [4.69, 9.17) is 4.99 Å². The van der Waals surface area contributed by atoms with Gasteiger partial charge in [-0.3, -0.25) is 4.99 Å². The molecular formula is C16H15NS. The minimum atomic E-state index is 0.249. The lowest BCUT2D eigenvalue weighted by molar-refractivity contribution is 0.724. The smallest absolute Gasteiger partial charge is 0.0921 e. The largest absolute Gasteiger partial charge is 0.274 e. The van der Waals surface area contributed by atoms with Crippen LogP contribution in [0, 0.1) is 0 Å². The standard InChI is InChI=1S/C16H15NS/c1-12-17-15(13-8-4-2-5-9-13)16(18-12)14-10-6-3-7-11-14/h2-11,15-16H,1H3/t15-,16+/m1/s1. The SMILES string of the molecule is CC1=N[C@H](c2ccccc2)[C@H](c2ccccc2)S1. The summed E-state index contributed by atoms with van der Waals surface area (Å²) >= 11 is 1.87. The topological polar surface area (TPSA) is 12.4 Å². The van der Waals surface area contributed by atoms with E-state index in [0.29, 0.717) is 5.25 Å². The maximum Gasteiger partial charge on any atom is 0.0921 e. The molecule has 1 aliphatic heterocycles. The van der Waals surface area contributed by atoms with Crippen LogP contribution in [0.15, 0.2) is 65.7 Å². The molecule has 2 aromatic rings. The van der Waals surface area contributed by atoms with Crippen molar-refractivity contribution >= 4 is 16.8 Å². The van der Waals surface area contributed by atoms with Crippen LogP contribution < -0.4 is 0 Å². The fourth-order valence-corrected chi connectivity index (χ4v) is 3.52. The maximum atomic E-state index is 4.80. The molecule has 0 N–H and O–H groups in total. The van der Waals surface area contributed by atoms with Crippen LogP contribution in [0.4, 0.5) is 0 Å². The monoisotopic (exact) mass is 253 g/mol. The Hall–Kier alpha value is -1.54. The number of hydrogen-bond donors (Lipinski definition) is 0. The van der Waals surface area contributed by atoms with E-state index in [0.717, 1.165) is 0 Å². The fraction of sp³-hybridized carbons (Fsp3) is 0.188. The van der Waals surface area contributed by atoms with Crippen molar-refractivity contribution < 1.29 is 0 Å². The summed E-state index contributed by atoms with van der Waals surface area (Å²) < 4.78 is 0. The van der Waals surface area contributed by atoms with Gasteiger partial charge in [0.15, 0.2) is 0 Å². The summed E-state index contributed by atoms with van der Waals surface area (Å²) in [6, 6.07) is 21.5. The second-order valence-corrected chi connectivity index (χ2v) is 5.79. The number of thioether (sulfide) groups is 1. The first kappa shape index (κ1) is 11.5.